The molecule has 140 valence electrons. The molecule has 2 aliphatic heterocycles. The van der Waals surface area contributed by atoms with E-state index in [9.17, 15) is 9.90 Å². The molecule has 0 radical (unpaired) electrons. The first-order valence-electron chi connectivity index (χ1n) is 9.90. The van der Waals surface area contributed by atoms with E-state index >= 15 is 0 Å². The van der Waals surface area contributed by atoms with Crippen LogP contribution in [0.1, 0.15) is 67.7 Å². The summed E-state index contributed by atoms with van der Waals surface area (Å²) >= 11 is 0. The van der Waals surface area contributed by atoms with E-state index in [0.717, 1.165) is 68.2 Å². The largest absolute Gasteiger partial charge is 0.509 e. The van der Waals surface area contributed by atoms with Gasteiger partial charge < -0.3 is 15.2 Å². The van der Waals surface area contributed by atoms with Gasteiger partial charge in [-0.2, -0.15) is 0 Å². The first-order chi connectivity index (χ1) is 12.4. The number of aliphatic hydroxyl groups excluding tert-OH is 1. The molecule has 2 N–H and O–H groups in total. The molecule has 1 aromatic rings. The second kappa shape index (κ2) is 6.12. The molecule has 0 aromatic heterocycles. The van der Waals surface area contributed by atoms with Gasteiger partial charge in [0.05, 0.1) is 16.7 Å². The average Bonchev–Trinajstić information content (AvgIpc) is 3.16. The van der Waals surface area contributed by atoms with E-state index in [0.29, 0.717) is 5.57 Å². The summed E-state index contributed by atoms with van der Waals surface area (Å²) in [5.41, 5.74) is 4.12. The predicted molar refractivity (Wildman–Crippen MR) is 102 cm³/mol. The van der Waals surface area contributed by atoms with Crippen molar-refractivity contribution >= 4 is 11.5 Å². The highest BCUT2D eigenvalue weighted by Crippen LogP contribution is 2.48. The number of hydrogen-bond donors (Lipinski definition) is 2. The van der Waals surface area contributed by atoms with Crippen LogP contribution in [0.5, 0.6) is 0 Å². The molecule has 3 aliphatic rings. The summed E-state index contributed by atoms with van der Waals surface area (Å²) in [5.74, 6) is 0.104. The summed E-state index contributed by atoms with van der Waals surface area (Å²) in [6, 6.07) is 4.26. The van der Waals surface area contributed by atoms with Crippen LogP contribution >= 0.6 is 0 Å². The topological polar surface area (TPSA) is 58.6 Å². The van der Waals surface area contributed by atoms with Crippen LogP contribution in [0.3, 0.4) is 0 Å². The monoisotopic (exact) mass is 355 g/mol. The number of aryl methyl sites for hydroxylation is 3. The minimum Gasteiger partial charge on any atom is -0.509 e. The van der Waals surface area contributed by atoms with Gasteiger partial charge in [-0.1, -0.05) is 19.1 Å². The van der Waals surface area contributed by atoms with Gasteiger partial charge in [0.1, 0.15) is 5.76 Å². The maximum absolute atomic E-state index is 12.9. The molecule has 0 bridgehead atoms. The Morgan fingerprint density at radius 1 is 1.12 bits per heavy atom. The lowest BCUT2D eigenvalue weighted by Gasteiger charge is -2.42. The Labute approximate surface area is 155 Å². The smallest absolute Gasteiger partial charge is 0.256 e. The van der Waals surface area contributed by atoms with Gasteiger partial charge >= 0.3 is 0 Å². The molecule has 0 atom stereocenters. The second-order valence-electron chi connectivity index (χ2n) is 8.35. The summed E-state index contributed by atoms with van der Waals surface area (Å²) in [4.78, 5) is 12.9. The molecule has 4 nitrogen and oxygen atoms in total. The number of rotatable bonds is 2. The SMILES string of the molecule is CCc1cc(C)c(C2=C(O)C3(CCC4(CCCO4)CC3)NC2=O)c(C)c1. The van der Waals surface area contributed by atoms with E-state index in [1.165, 1.54) is 5.56 Å². The molecule has 1 aromatic carbocycles. The van der Waals surface area contributed by atoms with E-state index in [4.69, 9.17) is 4.74 Å². The van der Waals surface area contributed by atoms with Crippen molar-refractivity contribution in [2.75, 3.05) is 6.61 Å². The number of aliphatic hydroxyl groups is 1. The Morgan fingerprint density at radius 3 is 2.31 bits per heavy atom. The standard InChI is InChI=1S/C22H29NO3/c1-4-16-12-14(2)17(15(3)13-16)18-19(24)22(23-20(18)25)9-7-21(8-10-22)6-5-11-26-21/h12-13,24H,4-11H2,1-3H3,(H,23,25). The molecule has 2 fully saturated rings. The zero-order chi connectivity index (χ0) is 18.5. The molecule has 2 heterocycles. The predicted octanol–water partition coefficient (Wildman–Crippen LogP) is 4.13. The van der Waals surface area contributed by atoms with Crippen LogP contribution in [0.4, 0.5) is 0 Å². The Kier molecular flexibility index (Phi) is 4.14. The van der Waals surface area contributed by atoms with Crippen molar-refractivity contribution in [1.29, 1.82) is 0 Å². The number of hydrogen-bond acceptors (Lipinski definition) is 3. The Bertz CT molecular complexity index is 754. The molecular weight excluding hydrogens is 326 g/mol. The third-order valence-electron chi connectivity index (χ3n) is 6.72. The van der Waals surface area contributed by atoms with E-state index in [1.807, 2.05) is 13.8 Å². The van der Waals surface area contributed by atoms with Crippen LogP contribution in [0.25, 0.3) is 5.57 Å². The first-order valence-corrected chi connectivity index (χ1v) is 9.90. The highest BCUT2D eigenvalue weighted by Gasteiger charge is 2.52. The van der Waals surface area contributed by atoms with Crippen molar-refractivity contribution in [3.63, 3.8) is 0 Å². The summed E-state index contributed by atoms with van der Waals surface area (Å²) in [5, 5.41) is 14.3. The molecule has 2 spiro atoms. The van der Waals surface area contributed by atoms with Gasteiger partial charge in [0.2, 0.25) is 0 Å². The van der Waals surface area contributed by atoms with Crippen LogP contribution in [0, 0.1) is 13.8 Å². The maximum atomic E-state index is 12.9. The maximum Gasteiger partial charge on any atom is 0.256 e. The fourth-order valence-electron chi connectivity index (χ4n) is 5.21. The van der Waals surface area contributed by atoms with Gasteiger partial charge in [0.25, 0.3) is 5.91 Å². The summed E-state index contributed by atoms with van der Waals surface area (Å²) < 4.78 is 6.01. The first kappa shape index (κ1) is 17.6. The van der Waals surface area contributed by atoms with Crippen LogP contribution in [0.15, 0.2) is 17.9 Å². The van der Waals surface area contributed by atoms with Crippen molar-refractivity contribution < 1.29 is 14.6 Å². The van der Waals surface area contributed by atoms with Gasteiger partial charge in [-0.25, -0.2) is 0 Å². The molecule has 4 rings (SSSR count). The van der Waals surface area contributed by atoms with E-state index in [-0.39, 0.29) is 17.3 Å². The van der Waals surface area contributed by atoms with Crippen LogP contribution in [-0.4, -0.2) is 28.8 Å². The second-order valence-corrected chi connectivity index (χ2v) is 8.35. The normalized spacial score (nSPS) is 31.3. The van der Waals surface area contributed by atoms with Crippen molar-refractivity contribution in [3.8, 4) is 0 Å². The van der Waals surface area contributed by atoms with E-state index < -0.39 is 5.54 Å². The number of benzene rings is 1. The van der Waals surface area contributed by atoms with Crippen molar-refractivity contribution in [1.82, 2.24) is 5.32 Å². The van der Waals surface area contributed by atoms with Crippen molar-refractivity contribution in [3.05, 3.63) is 40.1 Å². The fraction of sp³-hybridized carbons (Fsp3) is 0.591. The minimum atomic E-state index is -0.605. The summed E-state index contributed by atoms with van der Waals surface area (Å²) in [6.45, 7) is 7.03. The van der Waals surface area contributed by atoms with Crippen LogP contribution < -0.4 is 5.32 Å². The number of amides is 1. The zero-order valence-electron chi connectivity index (χ0n) is 16.1. The van der Waals surface area contributed by atoms with E-state index in [2.05, 4.69) is 24.4 Å². The Hall–Kier alpha value is -1.81. The molecule has 1 amide bonds. The summed E-state index contributed by atoms with van der Waals surface area (Å²) in [6.07, 6.45) is 6.48. The van der Waals surface area contributed by atoms with Crippen molar-refractivity contribution in [2.24, 2.45) is 0 Å². The molecular formula is C22H29NO3. The van der Waals surface area contributed by atoms with E-state index in [1.54, 1.807) is 0 Å². The average molecular weight is 355 g/mol. The molecule has 26 heavy (non-hydrogen) atoms. The highest BCUT2D eigenvalue weighted by atomic mass is 16.5. The van der Waals surface area contributed by atoms with Crippen LogP contribution in [0.2, 0.25) is 0 Å². The highest BCUT2D eigenvalue weighted by molar-refractivity contribution is 6.24. The third-order valence-corrected chi connectivity index (χ3v) is 6.72. The lowest BCUT2D eigenvalue weighted by Crippen LogP contribution is -2.51. The molecule has 4 heteroatoms. The van der Waals surface area contributed by atoms with Gasteiger partial charge in [-0.3, -0.25) is 4.79 Å². The van der Waals surface area contributed by atoms with Gasteiger partial charge in [0.15, 0.2) is 0 Å². The fourth-order valence-corrected chi connectivity index (χ4v) is 5.21. The lowest BCUT2D eigenvalue weighted by atomic mass is 9.72. The van der Waals surface area contributed by atoms with Crippen molar-refractivity contribution in [2.45, 2.75) is 76.9 Å². The van der Waals surface area contributed by atoms with Gasteiger partial charge in [-0.05, 0) is 81.0 Å². The third kappa shape index (κ3) is 2.58. The quantitative estimate of drug-likeness (QED) is 0.839. The molecule has 1 saturated carbocycles. The number of ether oxygens (including phenoxy) is 1. The Morgan fingerprint density at radius 2 is 1.77 bits per heavy atom. The number of carbonyl (C=O) groups excluding carboxylic acids is 1. The molecule has 0 unspecified atom stereocenters. The van der Waals surface area contributed by atoms with Gasteiger partial charge in [-0.15, -0.1) is 0 Å². The summed E-state index contributed by atoms with van der Waals surface area (Å²) in [7, 11) is 0. The lowest BCUT2D eigenvalue weighted by molar-refractivity contribution is -0.117. The minimum absolute atomic E-state index is 0.0202. The number of nitrogens with one attached hydrogen (secondary N) is 1. The Balaban J connectivity index is 1.70. The number of carbonyl (C=O) groups is 1. The molecule has 1 aliphatic carbocycles. The van der Waals surface area contributed by atoms with Gasteiger partial charge in [0, 0.05) is 6.61 Å². The zero-order valence-corrected chi connectivity index (χ0v) is 16.1. The van der Waals surface area contributed by atoms with Crippen LogP contribution in [-0.2, 0) is 16.0 Å². The molecule has 1 saturated heterocycles.